The number of methoxy groups -OCH3 is 1. The number of sulfone groups is 1. The Labute approximate surface area is 112 Å². The van der Waals surface area contributed by atoms with Gasteiger partial charge in [0.1, 0.15) is 4.90 Å². The summed E-state index contributed by atoms with van der Waals surface area (Å²) >= 11 is 0. The maximum Gasteiger partial charge on any atom is 0.244 e. The highest BCUT2D eigenvalue weighted by Crippen LogP contribution is 2.22. The van der Waals surface area contributed by atoms with Gasteiger partial charge in [0.2, 0.25) is 10.0 Å². The summed E-state index contributed by atoms with van der Waals surface area (Å²) < 4.78 is 53.0. The molecular formula is C10H14N2O5S2. The minimum absolute atomic E-state index is 0.0190. The topological polar surface area (TPSA) is 93.6 Å². The Balaban J connectivity index is 2.23. The van der Waals surface area contributed by atoms with E-state index in [9.17, 15) is 16.8 Å². The Bertz CT molecular complexity index is 660. The van der Waals surface area contributed by atoms with Gasteiger partial charge in [0.25, 0.3) is 0 Å². The third-order valence-corrected chi connectivity index (χ3v) is 5.69. The number of sulfonamides is 1. The van der Waals surface area contributed by atoms with Crippen LogP contribution in [0.1, 0.15) is 0 Å². The van der Waals surface area contributed by atoms with Crippen molar-refractivity contribution in [1.29, 1.82) is 0 Å². The highest BCUT2D eigenvalue weighted by molar-refractivity contribution is 7.90. The van der Waals surface area contributed by atoms with E-state index in [0.717, 1.165) is 12.5 Å². The zero-order chi connectivity index (χ0) is 14.3. The number of aromatic nitrogens is 1. The zero-order valence-corrected chi connectivity index (χ0v) is 12.1. The lowest BCUT2D eigenvalue weighted by atomic mass is 10.2. The summed E-state index contributed by atoms with van der Waals surface area (Å²) in [6, 6.07) is 2.44. The molecule has 106 valence electrons. The Morgan fingerprint density at radius 1 is 1.26 bits per heavy atom. The first-order chi connectivity index (χ1) is 8.75. The number of ether oxygens (including phenoxy) is 1. The van der Waals surface area contributed by atoms with Gasteiger partial charge in [0.15, 0.2) is 14.9 Å². The van der Waals surface area contributed by atoms with Gasteiger partial charge in [-0.3, -0.25) is 0 Å². The number of rotatable bonds is 4. The molecule has 0 spiro atoms. The quantitative estimate of drug-likeness (QED) is 0.745. The largest absolute Gasteiger partial charge is 0.379 e. The van der Waals surface area contributed by atoms with Gasteiger partial charge in [0, 0.05) is 32.7 Å². The van der Waals surface area contributed by atoms with Gasteiger partial charge < -0.3 is 4.74 Å². The van der Waals surface area contributed by atoms with Crippen LogP contribution in [-0.4, -0.2) is 58.7 Å². The van der Waals surface area contributed by atoms with Crippen LogP contribution in [0.15, 0.2) is 28.3 Å². The molecular weight excluding hydrogens is 292 g/mol. The fourth-order valence-corrected chi connectivity index (χ4v) is 3.64. The van der Waals surface area contributed by atoms with Crippen molar-refractivity contribution in [1.82, 2.24) is 9.29 Å². The molecule has 0 unspecified atom stereocenters. The lowest BCUT2D eigenvalue weighted by Gasteiger charge is -2.36. The highest BCUT2D eigenvalue weighted by Gasteiger charge is 2.37. The molecule has 1 aliphatic rings. The molecule has 0 atom stereocenters. The van der Waals surface area contributed by atoms with Gasteiger partial charge in [-0.1, -0.05) is 0 Å². The standard InChI is InChI=1S/C10H14N2O5S2/c1-17-8-6-12(7-8)19(15,16)9-3-4-10(11-5-9)18(2,13)14/h3-5,8H,6-7H2,1-2H3. The summed E-state index contributed by atoms with van der Waals surface area (Å²) in [7, 11) is -5.52. The van der Waals surface area contributed by atoms with Gasteiger partial charge in [-0.2, -0.15) is 4.31 Å². The number of hydrogen-bond donors (Lipinski definition) is 0. The molecule has 1 aromatic heterocycles. The minimum Gasteiger partial charge on any atom is -0.379 e. The molecule has 0 aliphatic carbocycles. The van der Waals surface area contributed by atoms with Gasteiger partial charge in [0.05, 0.1) is 6.10 Å². The molecule has 19 heavy (non-hydrogen) atoms. The summed E-state index contributed by atoms with van der Waals surface area (Å²) in [4.78, 5) is 3.65. The van der Waals surface area contributed by atoms with Crippen molar-refractivity contribution in [2.24, 2.45) is 0 Å². The van der Waals surface area contributed by atoms with E-state index in [1.807, 2.05) is 0 Å². The Kier molecular flexibility index (Phi) is 3.65. The van der Waals surface area contributed by atoms with Crippen molar-refractivity contribution >= 4 is 19.9 Å². The molecule has 7 nitrogen and oxygen atoms in total. The highest BCUT2D eigenvalue weighted by atomic mass is 32.2. The Morgan fingerprint density at radius 3 is 2.32 bits per heavy atom. The predicted molar refractivity (Wildman–Crippen MR) is 66.9 cm³/mol. The average molecular weight is 306 g/mol. The summed E-state index contributed by atoms with van der Waals surface area (Å²) in [6.07, 6.45) is 1.99. The smallest absolute Gasteiger partial charge is 0.244 e. The molecule has 1 fully saturated rings. The summed E-state index contributed by atoms with van der Waals surface area (Å²) in [5, 5.41) is -0.148. The van der Waals surface area contributed by atoms with Crippen LogP contribution in [0.4, 0.5) is 0 Å². The van der Waals surface area contributed by atoms with Crippen LogP contribution in [0.25, 0.3) is 0 Å². The van der Waals surface area contributed by atoms with E-state index in [1.165, 1.54) is 23.5 Å². The van der Waals surface area contributed by atoms with E-state index in [-0.39, 0.29) is 16.0 Å². The van der Waals surface area contributed by atoms with Crippen LogP contribution in [0.3, 0.4) is 0 Å². The zero-order valence-electron chi connectivity index (χ0n) is 10.5. The Hall–Kier alpha value is -1.03. The van der Waals surface area contributed by atoms with Crippen LogP contribution >= 0.6 is 0 Å². The normalized spacial score (nSPS) is 18.2. The second-order valence-corrected chi connectivity index (χ2v) is 8.18. The number of hydrogen-bond acceptors (Lipinski definition) is 6. The van der Waals surface area contributed by atoms with E-state index >= 15 is 0 Å². The first-order valence-corrected chi connectivity index (χ1v) is 8.77. The summed E-state index contributed by atoms with van der Waals surface area (Å²) in [5.74, 6) is 0. The lowest BCUT2D eigenvalue weighted by molar-refractivity contribution is 0.0125. The van der Waals surface area contributed by atoms with Crippen LogP contribution in [0.5, 0.6) is 0 Å². The average Bonchev–Trinajstić information content (AvgIpc) is 2.26. The molecule has 1 aliphatic heterocycles. The monoisotopic (exact) mass is 306 g/mol. The fourth-order valence-electron chi connectivity index (χ4n) is 1.63. The van der Waals surface area contributed by atoms with Crippen molar-refractivity contribution in [2.45, 2.75) is 16.0 Å². The van der Waals surface area contributed by atoms with E-state index in [2.05, 4.69) is 4.98 Å². The van der Waals surface area contributed by atoms with E-state index in [4.69, 9.17) is 4.74 Å². The molecule has 2 heterocycles. The first kappa shape index (κ1) is 14.4. The van der Waals surface area contributed by atoms with Gasteiger partial charge in [-0.25, -0.2) is 21.8 Å². The van der Waals surface area contributed by atoms with Crippen molar-refractivity contribution in [3.63, 3.8) is 0 Å². The van der Waals surface area contributed by atoms with Crippen molar-refractivity contribution in [2.75, 3.05) is 26.5 Å². The van der Waals surface area contributed by atoms with Crippen LogP contribution in [0, 0.1) is 0 Å². The van der Waals surface area contributed by atoms with Gasteiger partial charge >= 0.3 is 0 Å². The first-order valence-electron chi connectivity index (χ1n) is 5.44. The number of nitrogens with zero attached hydrogens (tertiary/aromatic N) is 2. The second kappa shape index (κ2) is 4.82. The number of pyridine rings is 1. The van der Waals surface area contributed by atoms with E-state index in [1.54, 1.807) is 0 Å². The van der Waals surface area contributed by atoms with E-state index in [0.29, 0.717) is 13.1 Å². The SMILES string of the molecule is COC1CN(S(=O)(=O)c2ccc(S(C)(=O)=O)nc2)C1. The molecule has 0 aromatic carbocycles. The molecule has 0 radical (unpaired) electrons. The predicted octanol–water partition coefficient (Wildman–Crippen LogP) is -0.496. The summed E-state index contributed by atoms with van der Waals surface area (Å²) in [5.41, 5.74) is 0. The lowest BCUT2D eigenvalue weighted by Crippen LogP contribution is -2.54. The molecule has 0 N–H and O–H groups in total. The molecule has 0 saturated carbocycles. The third kappa shape index (κ3) is 2.78. The molecule has 0 bridgehead atoms. The molecule has 1 aromatic rings. The van der Waals surface area contributed by atoms with Gasteiger partial charge in [-0.05, 0) is 12.1 Å². The van der Waals surface area contributed by atoms with Crippen molar-refractivity contribution in [3.05, 3.63) is 18.3 Å². The van der Waals surface area contributed by atoms with Crippen LogP contribution < -0.4 is 0 Å². The molecule has 2 rings (SSSR count). The van der Waals surface area contributed by atoms with Gasteiger partial charge in [-0.15, -0.1) is 0 Å². The third-order valence-electron chi connectivity index (χ3n) is 2.87. The minimum atomic E-state index is -3.61. The van der Waals surface area contributed by atoms with Crippen molar-refractivity contribution < 1.29 is 21.6 Å². The molecule has 9 heteroatoms. The second-order valence-electron chi connectivity index (χ2n) is 4.28. The summed E-state index contributed by atoms with van der Waals surface area (Å²) in [6.45, 7) is 0.597. The van der Waals surface area contributed by atoms with Crippen LogP contribution in [-0.2, 0) is 24.6 Å². The fraction of sp³-hybridized carbons (Fsp3) is 0.500. The van der Waals surface area contributed by atoms with Crippen molar-refractivity contribution in [3.8, 4) is 0 Å². The van der Waals surface area contributed by atoms with Crippen LogP contribution in [0.2, 0.25) is 0 Å². The maximum absolute atomic E-state index is 12.1. The molecule has 1 saturated heterocycles. The maximum atomic E-state index is 12.1. The Morgan fingerprint density at radius 2 is 1.89 bits per heavy atom. The molecule has 0 amide bonds. The van der Waals surface area contributed by atoms with E-state index < -0.39 is 19.9 Å².